The van der Waals surface area contributed by atoms with Crippen molar-refractivity contribution in [2.24, 2.45) is 11.3 Å². The lowest BCUT2D eigenvalue weighted by Gasteiger charge is -2.47. The summed E-state index contributed by atoms with van der Waals surface area (Å²) in [4.78, 5) is 16.7. The first kappa shape index (κ1) is 21.3. The van der Waals surface area contributed by atoms with E-state index in [0.29, 0.717) is 6.54 Å². The lowest BCUT2D eigenvalue weighted by atomic mass is 9.67. The van der Waals surface area contributed by atoms with E-state index in [1.165, 1.54) is 18.5 Å². The summed E-state index contributed by atoms with van der Waals surface area (Å²) in [6, 6.07) is 4.04. The second-order valence-electron chi connectivity index (χ2n) is 8.12. The number of aromatic nitrogens is 3. The minimum atomic E-state index is -4.43. The van der Waals surface area contributed by atoms with Gasteiger partial charge >= 0.3 is 6.18 Å². The average molecular weight is 410 g/mol. The number of alkyl halides is 3. The largest absolute Gasteiger partial charge is 0.416 e. The number of amides is 1. The first-order valence-corrected chi connectivity index (χ1v) is 9.45. The van der Waals surface area contributed by atoms with Crippen LogP contribution in [0.5, 0.6) is 0 Å². The molecule has 0 unspecified atom stereocenters. The molecule has 1 aliphatic carbocycles. The second-order valence-corrected chi connectivity index (χ2v) is 8.12. The van der Waals surface area contributed by atoms with E-state index in [-0.39, 0.29) is 29.0 Å². The molecule has 1 heterocycles. The van der Waals surface area contributed by atoms with E-state index in [1.807, 2.05) is 0 Å². The highest BCUT2D eigenvalue weighted by molar-refractivity contribution is 5.94. The van der Waals surface area contributed by atoms with Gasteiger partial charge in [-0.25, -0.2) is 4.98 Å². The Morgan fingerprint density at radius 3 is 2.55 bits per heavy atom. The molecule has 1 amide bonds. The highest BCUT2D eigenvalue weighted by Gasteiger charge is 2.45. The summed E-state index contributed by atoms with van der Waals surface area (Å²) in [7, 11) is 1.65. The Balaban J connectivity index is 1.78. The SMILES string of the molecule is CO[C@@H]1[C@H](Cn2cncn2)[C@H](NC(=O)c2ccc(C(F)(F)F)cc2)CCC1(C)C. The predicted molar refractivity (Wildman–Crippen MR) is 100 cm³/mol. The molecule has 29 heavy (non-hydrogen) atoms. The van der Waals surface area contributed by atoms with Gasteiger partial charge in [-0.2, -0.15) is 18.3 Å². The van der Waals surface area contributed by atoms with Crippen LogP contribution in [0.2, 0.25) is 0 Å². The lowest BCUT2D eigenvalue weighted by molar-refractivity contribution is -0.137. The van der Waals surface area contributed by atoms with Gasteiger partial charge in [0.15, 0.2) is 0 Å². The molecule has 6 nitrogen and oxygen atoms in total. The van der Waals surface area contributed by atoms with Gasteiger partial charge in [0.05, 0.1) is 11.7 Å². The summed E-state index contributed by atoms with van der Waals surface area (Å²) in [5.41, 5.74) is -0.677. The van der Waals surface area contributed by atoms with E-state index in [0.717, 1.165) is 25.0 Å². The maximum absolute atomic E-state index is 12.8. The van der Waals surface area contributed by atoms with Crippen LogP contribution >= 0.6 is 0 Å². The van der Waals surface area contributed by atoms with Crippen molar-refractivity contribution in [2.75, 3.05) is 7.11 Å². The Kier molecular flexibility index (Phi) is 5.97. The van der Waals surface area contributed by atoms with Crippen molar-refractivity contribution in [2.45, 2.75) is 51.6 Å². The van der Waals surface area contributed by atoms with Gasteiger partial charge in [-0.05, 0) is 42.5 Å². The van der Waals surface area contributed by atoms with E-state index >= 15 is 0 Å². The first-order chi connectivity index (χ1) is 13.6. The summed E-state index contributed by atoms with van der Waals surface area (Å²) in [5.74, 6) is -0.467. The number of nitrogens with one attached hydrogen (secondary N) is 1. The third-order valence-electron chi connectivity index (χ3n) is 5.68. The molecule has 0 aliphatic heterocycles. The summed E-state index contributed by atoms with van der Waals surface area (Å²) >= 11 is 0. The van der Waals surface area contributed by atoms with Gasteiger partial charge in [0.1, 0.15) is 12.7 Å². The van der Waals surface area contributed by atoms with Crippen LogP contribution < -0.4 is 5.32 Å². The molecule has 1 saturated carbocycles. The standard InChI is InChI=1S/C20H25F3N4O2/c1-19(2)9-8-16(15(17(19)29-3)10-27-12-24-11-25-27)26-18(28)13-4-6-14(7-5-13)20(21,22)23/h4-7,11-12,15-17H,8-10H2,1-3H3,(H,26,28)/t15-,16-,17-/m1/s1. The van der Waals surface area contributed by atoms with Crippen LogP contribution in [0.25, 0.3) is 0 Å². The quantitative estimate of drug-likeness (QED) is 0.819. The number of benzene rings is 1. The molecule has 0 spiro atoms. The maximum atomic E-state index is 12.8. The van der Waals surface area contributed by atoms with E-state index in [1.54, 1.807) is 18.1 Å². The van der Waals surface area contributed by atoms with Gasteiger partial charge in [-0.3, -0.25) is 9.48 Å². The minimum Gasteiger partial charge on any atom is -0.380 e. The fourth-order valence-electron chi connectivity index (χ4n) is 4.18. The van der Waals surface area contributed by atoms with Crippen LogP contribution in [0, 0.1) is 11.3 Å². The maximum Gasteiger partial charge on any atom is 0.416 e. The second kappa shape index (κ2) is 8.14. The lowest BCUT2D eigenvalue weighted by Crippen LogP contribution is -2.55. The fourth-order valence-corrected chi connectivity index (χ4v) is 4.18. The predicted octanol–water partition coefficient (Wildman–Crippen LogP) is 3.55. The molecular weight excluding hydrogens is 385 g/mol. The molecule has 3 rings (SSSR count). The minimum absolute atomic E-state index is 0.0659. The highest BCUT2D eigenvalue weighted by atomic mass is 19.4. The summed E-state index contributed by atoms with van der Waals surface area (Å²) < 4.78 is 45.8. The van der Waals surface area contributed by atoms with Gasteiger partial charge in [0.25, 0.3) is 5.91 Å². The zero-order valence-corrected chi connectivity index (χ0v) is 16.6. The van der Waals surface area contributed by atoms with Crippen LogP contribution in [0.3, 0.4) is 0 Å². The topological polar surface area (TPSA) is 69.0 Å². The molecule has 1 aromatic heterocycles. The Bertz CT molecular complexity index is 819. The summed E-state index contributed by atoms with van der Waals surface area (Å²) in [6.07, 6.45) is 0.0849. The number of rotatable bonds is 5. The number of hydrogen-bond acceptors (Lipinski definition) is 4. The van der Waals surface area contributed by atoms with E-state index < -0.39 is 17.6 Å². The van der Waals surface area contributed by atoms with Gasteiger partial charge in [-0.15, -0.1) is 0 Å². The van der Waals surface area contributed by atoms with Crippen LogP contribution in [-0.2, 0) is 17.5 Å². The molecule has 1 aliphatic rings. The van der Waals surface area contributed by atoms with Crippen LogP contribution in [-0.4, -0.2) is 39.9 Å². The van der Waals surface area contributed by atoms with Gasteiger partial charge in [-0.1, -0.05) is 13.8 Å². The Morgan fingerprint density at radius 1 is 1.31 bits per heavy atom. The number of carbonyl (C=O) groups excluding carboxylic acids is 1. The van der Waals surface area contributed by atoms with Gasteiger partial charge in [0.2, 0.25) is 0 Å². The number of carbonyl (C=O) groups is 1. The number of hydrogen-bond donors (Lipinski definition) is 1. The van der Waals surface area contributed by atoms with Crippen molar-refractivity contribution >= 4 is 5.91 Å². The number of halogens is 3. The zero-order valence-electron chi connectivity index (χ0n) is 16.6. The van der Waals surface area contributed by atoms with Crippen LogP contribution in [0.4, 0.5) is 13.2 Å². The Morgan fingerprint density at radius 2 is 2.00 bits per heavy atom. The third kappa shape index (κ3) is 4.77. The highest BCUT2D eigenvalue weighted by Crippen LogP contribution is 2.41. The van der Waals surface area contributed by atoms with Crippen molar-refractivity contribution in [3.8, 4) is 0 Å². The summed E-state index contributed by atoms with van der Waals surface area (Å²) in [5, 5.41) is 7.16. The molecule has 0 bridgehead atoms. The Hall–Kier alpha value is -2.42. The molecule has 9 heteroatoms. The smallest absolute Gasteiger partial charge is 0.380 e. The number of methoxy groups -OCH3 is 1. The van der Waals surface area contributed by atoms with Crippen molar-refractivity contribution in [3.63, 3.8) is 0 Å². The zero-order chi connectivity index (χ0) is 21.2. The van der Waals surface area contributed by atoms with Crippen molar-refractivity contribution in [1.29, 1.82) is 0 Å². The monoisotopic (exact) mass is 410 g/mol. The molecular formula is C20H25F3N4O2. The van der Waals surface area contributed by atoms with Crippen LogP contribution in [0.15, 0.2) is 36.9 Å². The van der Waals surface area contributed by atoms with Gasteiger partial charge in [0, 0.05) is 31.2 Å². The van der Waals surface area contributed by atoms with Crippen molar-refractivity contribution in [3.05, 3.63) is 48.0 Å². The third-order valence-corrected chi connectivity index (χ3v) is 5.68. The normalized spacial score (nSPS) is 24.3. The first-order valence-electron chi connectivity index (χ1n) is 9.45. The summed E-state index contributed by atoms with van der Waals surface area (Å²) in [6.45, 7) is 4.77. The molecule has 158 valence electrons. The molecule has 0 radical (unpaired) electrons. The van der Waals surface area contributed by atoms with E-state index in [9.17, 15) is 18.0 Å². The fraction of sp³-hybridized carbons (Fsp3) is 0.550. The van der Waals surface area contributed by atoms with E-state index in [4.69, 9.17) is 4.74 Å². The van der Waals surface area contributed by atoms with Crippen LogP contribution in [0.1, 0.15) is 42.6 Å². The van der Waals surface area contributed by atoms with Crippen molar-refractivity contribution in [1.82, 2.24) is 20.1 Å². The Labute approximate surface area is 167 Å². The number of nitrogens with zero attached hydrogens (tertiary/aromatic N) is 3. The van der Waals surface area contributed by atoms with Gasteiger partial charge < -0.3 is 10.1 Å². The average Bonchev–Trinajstić information content (AvgIpc) is 3.16. The van der Waals surface area contributed by atoms with Crippen molar-refractivity contribution < 1.29 is 22.7 Å². The van der Waals surface area contributed by atoms with E-state index in [2.05, 4.69) is 29.2 Å². The molecule has 3 atom stereocenters. The number of ether oxygens (including phenoxy) is 1. The molecule has 1 aromatic carbocycles. The molecule has 1 N–H and O–H groups in total. The molecule has 1 fully saturated rings. The molecule has 2 aromatic rings. The molecule has 0 saturated heterocycles.